The highest BCUT2D eigenvalue weighted by atomic mass is 32.2. The van der Waals surface area contributed by atoms with Crippen LogP contribution in [0, 0.1) is 0 Å². The van der Waals surface area contributed by atoms with Gasteiger partial charge in [0.25, 0.3) is 0 Å². The van der Waals surface area contributed by atoms with E-state index in [-0.39, 0.29) is 16.9 Å². The first-order valence-electron chi connectivity index (χ1n) is 7.62. The number of halogens is 6. The summed E-state index contributed by atoms with van der Waals surface area (Å²) < 4.78 is 103. The maximum Gasteiger partial charge on any atom is 0.416 e. The average molecular weight is 412 g/mol. The van der Waals surface area contributed by atoms with Gasteiger partial charge >= 0.3 is 22.5 Å². The number of benzene rings is 2. The second-order valence-corrected chi connectivity index (χ2v) is 7.36. The lowest BCUT2D eigenvalue weighted by Crippen LogP contribution is -2.16. The monoisotopic (exact) mass is 412 g/mol. The van der Waals surface area contributed by atoms with E-state index < -0.39 is 46.6 Å². The van der Waals surface area contributed by atoms with Gasteiger partial charge in [-0.2, -0.15) is 34.8 Å². The van der Waals surface area contributed by atoms with E-state index in [9.17, 15) is 34.8 Å². The van der Waals surface area contributed by atoms with E-state index in [4.69, 9.17) is 4.18 Å². The molecule has 0 amide bonds. The van der Waals surface area contributed by atoms with Gasteiger partial charge in [0.2, 0.25) is 0 Å². The number of hydrogen-bond donors (Lipinski definition) is 0. The van der Waals surface area contributed by atoms with Crippen LogP contribution in [0.4, 0.5) is 26.3 Å². The van der Waals surface area contributed by atoms with Crippen molar-refractivity contribution in [2.24, 2.45) is 0 Å². The van der Waals surface area contributed by atoms with Gasteiger partial charge in [-0.05, 0) is 41.8 Å². The predicted molar refractivity (Wildman–Crippen MR) is 86.6 cm³/mol. The molecule has 0 N–H and O–H groups in total. The third kappa shape index (κ3) is 6.78. The molecule has 0 heterocycles. The van der Waals surface area contributed by atoms with Crippen molar-refractivity contribution in [1.82, 2.24) is 0 Å². The van der Waals surface area contributed by atoms with Crippen molar-refractivity contribution in [2.45, 2.75) is 25.2 Å². The summed E-state index contributed by atoms with van der Waals surface area (Å²) in [7, 11) is -4.27. The molecule has 0 unspecified atom stereocenters. The minimum atomic E-state index is -4.54. The standard InChI is InChI=1S/C17H14F6O3S/c18-16(19,20)8-3-9-27(24,25)26-15-7-2-5-13(11-15)12-4-1-6-14(10-12)17(21,22)23/h1-2,4-7,10-11H,3,8-9H2. The number of hydrogen-bond acceptors (Lipinski definition) is 3. The Morgan fingerprint density at radius 3 is 2.04 bits per heavy atom. The van der Waals surface area contributed by atoms with Gasteiger partial charge in [-0.3, -0.25) is 0 Å². The summed E-state index contributed by atoms with van der Waals surface area (Å²) in [4.78, 5) is 0. The Bertz CT molecular complexity index is 888. The molecule has 0 aliphatic carbocycles. The summed E-state index contributed by atoms with van der Waals surface area (Å²) in [5.74, 6) is -1.03. The van der Waals surface area contributed by atoms with Crippen molar-refractivity contribution in [3.8, 4) is 16.9 Å². The van der Waals surface area contributed by atoms with E-state index >= 15 is 0 Å². The van der Waals surface area contributed by atoms with Gasteiger partial charge in [-0.1, -0.05) is 24.3 Å². The van der Waals surface area contributed by atoms with Gasteiger partial charge in [0.1, 0.15) is 5.75 Å². The van der Waals surface area contributed by atoms with Crippen LogP contribution in [0.2, 0.25) is 0 Å². The van der Waals surface area contributed by atoms with E-state index in [2.05, 4.69) is 0 Å². The zero-order chi connectivity index (χ0) is 20.3. The maximum absolute atomic E-state index is 12.8. The van der Waals surface area contributed by atoms with Crippen molar-refractivity contribution in [2.75, 3.05) is 5.75 Å². The lowest BCUT2D eigenvalue weighted by molar-refractivity contribution is -0.137. The Kier molecular flexibility index (Phi) is 6.08. The fraction of sp³-hybridized carbons (Fsp3) is 0.294. The van der Waals surface area contributed by atoms with Crippen LogP contribution in [0.1, 0.15) is 18.4 Å². The lowest BCUT2D eigenvalue weighted by atomic mass is 10.0. The van der Waals surface area contributed by atoms with Gasteiger partial charge in [0.05, 0.1) is 11.3 Å². The van der Waals surface area contributed by atoms with Crippen LogP contribution in [0.25, 0.3) is 11.1 Å². The maximum atomic E-state index is 12.8. The summed E-state index contributed by atoms with van der Waals surface area (Å²) in [6.07, 6.45) is -10.9. The molecule has 0 saturated carbocycles. The molecule has 0 aromatic heterocycles. The number of rotatable bonds is 6. The number of alkyl halides is 6. The van der Waals surface area contributed by atoms with Gasteiger partial charge in [0.15, 0.2) is 0 Å². The minimum Gasteiger partial charge on any atom is -0.382 e. The quantitative estimate of drug-likeness (QED) is 0.470. The van der Waals surface area contributed by atoms with Crippen molar-refractivity contribution in [3.63, 3.8) is 0 Å². The Balaban J connectivity index is 2.16. The second kappa shape index (κ2) is 7.79. The molecule has 2 aromatic rings. The summed E-state index contributed by atoms with van der Waals surface area (Å²) in [6, 6.07) is 9.70. The molecule has 27 heavy (non-hydrogen) atoms. The average Bonchev–Trinajstić information content (AvgIpc) is 2.52. The highest BCUT2D eigenvalue weighted by molar-refractivity contribution is 7.87. The van der Waals surface area contributed by atoms with Crippen LogP contribution in [0.15, 0.2) is 48.5 Å². The molecule has 2 aromatic carbocycles. The van der Waals surface area contributed by atoms with Crippen molar-refractivity contribution in [3.05, 3.63) is 54.1 Å². The van der Waals surface area contributed by atoms with Crippen LogP contribution in [0.5, 0.6) is 5.75 Å². The molecule has 0 spiro atoms. The smallest absolute Gasteiger partial charge is 0.382 e. The van der Waals surface area contributed by atoms with E-state index in [1.54, 1.807) is 0 Å². The summed E-state index contributed by atoms with van der Waals surface area (Å²) in [6.45, 7) is 0. The van der Waals surface area contributed by atoms with Crippen LogP contribution in [-0.2, 0) is 16.3 Å². The molecule has 10 heteroatoms. The van der Waals surface area contributed by atoms with Crippen molar-refractivity contribution in [1.29, 1.82) is 0 Å². The fourth-order valence-corrected chi connectivity index (χ4v) is 3.22. The van der Waals surface area contributed by atoms with Crippen molar-refractivity contribution >= 4 is 10.1 Å². The van der Waals surface area contributed by atoms with Crippen LogP contribution >= 0.6 is 0 Å². The normalized spacial score (nSPS) is 12.8. The Labute approximate surface area is 151 Å². The molecule has 3 nitrogen and oxygen atoms in total. The van der Waals surface area contributed by atoms with Crippen LogP contribution in [-0.4, -0.2) is 20.3 Å². The molecule has 0 aliphatic heterocycles. The Hall–Kier alpha value is -2.23. The molecule has 0 atom stereocenters. The van der Waals surface area contributed by atoms with Gasteiger partial charge in [-0.15, -0.1) is 0 Å². The molecule has 0 aliphatic rings. The molecule has 0 radical (unpaired) electrons. The van der Waals surface area contributed by atoms with Crippen molar-refractivity contribution < 1.29 is 38.9 Å². The first-order valence-corrected chi connectivity index (χ1v) is 9.20. The van der Waals surface area contributed by atoms with Crippen LogP contribution < -0.4 is 4.18 Å². The zero-order valence-electron chi connectivity index (χ0n) is 13.6. The SMILES string of the molecule is O=S(=O)(CCCC(F)(F)F)Oc1cccc(-c2cccc(C(F)(F)F)c2)c1. The lowest BCUT2D eigenvalue weighted by Gasteiger charge is -2.11. The fourth-order valence-electron chi connectivity index (χ4n) is 2.24. The third-order valence-corrected chi connectivity index (χ3v) is 4.67. The first-order chi connectivity index (χ1) is 12.4. The first kappa shape index (κ1) is 21.1. The van der Waals surface area contributed by atoms with Gasteiger partial charge in [-0.25, -0.2) is 0 Å². The van der Waals surface area contributed by atoms with Gasteiger partial charge < -0.3 is 4.18 Å². The Morgan fingerprint density at radius 1 is 0.852 bits per heavy atom. The predicted octanol–water partition coefficient (Wildman–Crippen LogP) is 5.42. The third-order valence-electron chi connectivity index (χ3n) is 3.44. The molecule has 2 rings (SSSR count). The van der Waals surface area contributed by atoms with E-state index in [0.717, 1.165) is 12.1 Å². The molecular weight excluding hydrogens is 398 g/mol. The topological polar surface area (TPSA) is 43.4 Å². The van der Waals surface area contributed by atoms with E-state index in [1.165, 1.54) is 36.4 Å². The summed E-state index contributed by atoms with van der Waals surface area (Å²) >= 11 is 0. The Morgan fingerprint density at radius 2 is 1.44 bits per heavy atom. The minimum absolute atomic E-state index is 0.185. The second-order valence-electron chi connectivity index (χ2n) is 5.67. The highest BCUT2D eigenvalue weighted by Crippen LogP contribution is 2.33. The van der Waals surface area contributed by atoms with Gasteiger partial charge in [0, 0.05) is 6.42 Å². The largest absolute Gasteiger partial charge is 0.416 e. The van der Waals surface area contributed by atoms with Crippen LogP contribution in [0.3, 0.4) is 0 Å². The summed E-state index contributed by atoms with van der Waals surface area (Å²) in [5.41, 5.74) is -0.417. The highest BCUT2D eigenvalue weighted by Gasteiger charge is 2.30. The zero-order valence-corrected chi connectivity index (χ0v) is 14.5. The molecule has 148 valence electrons. The molecule has 0 bridgehead atoms. The van der Waals surface area contributed by atoms with E-state index in [0.29, 0.717) is 0 Å². The molecular formula is C17H14F6O3S. The molecule has 0 saturated heterocycles. The summed E-state index contributed by atoms with van der Waals surface area (Å²) in [5, 5.41) is 0. The molecule has 0 fully saturated rings. The van der Waals surface area contributed by atoms with E-state index in [1.807, 2.05) is 0 Å².